The predicted octanol–water partition coefficient (Wildman–Crippen LogP) is 5.23. The van der Waals surface area contributed by atoms with E-state index in [1.807, 2.05) is 54.8 Å². The Morgan fingerprint density at radius 2 is 1.89 bits per heavy atom. The van der Waals surface area contributed by atoms with Crippen LogP contribution >= 0.6 is 27.7 Å². The van der Waals surface area contributed by atoms with Gasteiger partial charge in [0.15, 0.2) is 16.8 Å². The highest BCUT2D eigenvalue weighted by Crippen LogP contribution is 2.23. The van der Waals surface area contributed by atoms with Gasteiger partial charge in [0.25, 0.3) is 0 Å². The molecule has 0 amide bonds. The number of thioether (sulfide) groups is 1. The van der Waals surface area contributed by atoms with Gasteiger partial charge in [0.05, 0.1) is 5.75 Å². The molecule has 0 bridgehead atoms. The first kappa shape index (κ1) is 20.6. The lowest BCUT2D eigenvalue weighted by molar-refractivity contribution is 0.102. The normalized spacial score (nSPS) is 10.9. The summed E-state index contributed by atoms with van der Waals surface area (Å²) < 4.78 is 8.91. The molecule has 0 saturated heterocycles. The van der Waals surface area contributed by atoms with Crippen LogP contribution in [0.4, 0.5) is 0 Å². The Labute approximate surface area is 177 Å². The number of halogens is 1. The Balaban J connectivity index is 1.65. The van der Waals surface area contributed by atoms with Gasteiger partial charge in [0, 0.05) is 16.6 Å². The molecule has 0 unspecified atom stereocenters. The Morgan fingerprint density at radius 1 is 1.14 bits per heavy atom. The number of hydrogen-bond acceptors (Lipinski definition) is 5. The van der Waals surface area contributed by atoms with Crippen LogP contribution < -0.4 is 4.74 Å². The van der Waals surface area contributed by atoms with E-state index in [-0.39, 0.29) is 5.78 Å². The van der Waals surface area contributed by atoms with Crippen molar-refractivity contribution in [2.75, 3.05) is 5.75 Å². The Bertz CT molecular complexity index is 970. The van der Waals surface area contributed by atoms with E-state index in [0.29, 0.717) is 24.5 Å². The molecular weight excluding hydrogens is 438 g/mol. The third kappa shape index (κ3) is 4.83. The topological polar surface area (TPSA) is 57.0 Å². The van der Waals surface area contributed by atoms with Gasteiger partial charge in [0.2, 0.25) is 0 Å². The average Bonchev–Trinajstić information content (AvgIpc) is 3.09. The lowest BCUT2D eigenvalue weighted by Gasteiger charge is -2.11. The second kappa shape index (κ2) is 9.39. The molecule has 28 heavy (non-hydrogen) atoms. The summed E-state index contributed by atoms with van der Waals surface area (Å²) in [5.74, 6) is 1.99. The van der Waals surface area contributed by atoms with Crippen LogP contribution in [0.25, 0.3) is 0 Å². The van der Waals surface area contributed by atoms with E-state index in [0.717, 1.165) is 26.8 Å². The fourth-order valence-corrected chi connectivity index (χ4v) is 3.90. The van der Waals surface area contributed by atoms with Crippen LogP contribution in [-0.4, -0.2) is 26.3 Å². The van der Waals surface area contributed by atoms with Gasteiger partial charge in [-0.2, -0.15) is 0 Å². The predicted molar refractivity (Wildman–Crippen MR) is 115 cm³/mol. The van der Waals surface area contributed by atoms with Crippen molar-refractivity contribution in [2.24, 2.45) is 0 Å². The van der Waals surface area contributed by atoms with Crippen LogP contribution in [0.2, 0.25) is 0 Å². The molecule has 0 fully saturated rings. The molecule has 0 aliphatic heterocycles. The van der Waals surface area contributed by atoms with Gasteiger partial charge >= 0.3 is 0 Å². The minimum Gasteiger partial charge on any atom is -0.485 e. The number of ketones is 1. The Kier molecular flexibility index (Phi) is 6.91. The smallest absolute Gasteiger partial charge is 0.191 e. The standard InChI is InChI=1S/C21H22BrN3O2S/c1-4-25-20(12-27-19-7-5-6-14(2)15(19)3)23-24-21(25)28-13-18(26)16-8-10-17(22)11-9-16/h5-11H,4,12-13H2,1-3H3. The lowest BCUT2D eigenvalue weighted by atomic mass is 10.1. The molecule has 5 nitrogen and oxygen atoms in total. The number of rotatable bonds is 8. The van der Waals surface area contributed by atoms with Crippen LogP contribution in [-0.2, 0) is 13.2 Å². The minimum absolute atomic E-state index is 0.0661. The van der Waals surface area contributed by atoms with Crippen molar-refractivity contribution in [1.29, 1.82) is 0 Å². The molecule has 0 atom stereocenters. The van der Waals surface area contributed by atoms with Crippen molar-refractivity contribution in [3.8, 4) is 5.75 Å². The minimum atomic E-state index is 0.0661. The second-order valence-electron chi connectivity index (χ2n) is 6.35. The largest absolute Gasteiger partial charge is 0.485 e. The Morgan fingerprint density at radius 3 is 2.61 bits per heavy atom. The highest BCUT2D eigenvalue weighted by atomic mass is 79.9. The van der Waals surface area contributed by atoms with Crippen molar-refractivity contribution in [3.05, 3.63) is 69.5 Å². The fraction of sp³-hybridized carbons (Fsp3) is 0.286. The van der Waals surface area contributed by atoms with Gasteiger partial charge in [-0.15, -0.1) is 10.2 Å². The SMILES string of the molecule is CCn1c(COc2cccc(C)c2C)nnc1SCC(=O)c1ccc(Br)cc1. The van der Waals surface area contributed by atoms with Crippen LogP contribution in [0.15, 0.2) is 52.1 Å². The molecule has 0 spiro atoms. The fourth-order valence-electron chi connectivity index (χ4n) is 2.72. The first-order valence-electron chi connectivity index (χ1n) is 9.02. The van der Waals surface area contributed by atoms with Crippen molar-refractivity contribution in [1.82, 2.24) is 14.8 Å². The molecule has 0 aliphatic carbocycles. The van der Waals surface area contributed by atoms with E-state index < -0.39 is 0 Å². The maximum atomic E-state index is 12.4. The second-order valence-corrected chi connectivity index (χ2v) is 8.21. The molecule has 2 aromatic carbocycles. The summed E-state index contributed by atoms with van der Waals surface area (Å²) in [6.45, 7) is 7.20. The third-order valence-corrected chi connectivity index (χ3v) is 6.02. The van der Waals surface area contributed by atoms with Crippen molar-refractivity contribution in [2.45, 2.75) is 39.1 Å². The summed E-state index contributed by atoms with van der Waals surface area (Å²) in [5, 5.41) is 9.25. The quantitative estimate of drug-likeness (QED) is 0.340. The van der Waals surface area contributed by atoms with Gasteiger partial charge in [-0.25, -0.2) is 0 Å². The molecule has 1 heterocycles. The number of benzene rings is 2. The van der Waals surface area contributed by atoms with E-state index in [1.165, 1.54) is 17.3 Å². The van der Waals surface area contributed by atoms with Crippen molar-refractivity contribution < 1.29 is 9.53 Å². The first-order valence-corrected chi connectivity index (χ1v) is 10.8. The highest BCUT2D eigenvalue weighted by molar-refractivity contribution is 9.10. The van der Waals surface area contributed by atoms with Crippen LogP contribution in [0, 0.1) is 13.8 Å². The molecule has 0 aliphatic rings. The van der Waals surface area contributed by atoms with Gasteiger partial charge in [-0.3, -0.25) is 4.79 Å². The van der Waals surface area contributed by atoms with Crippen molar-refractivity contribution >= 4 is 33.5 Å². The average molecular weight is 460 g/mol. The van der Waals surface area contributed by atoms with Crippen LogP contribution in [0.1, 0.15) is 34.2 Å². The summed E-state index contributed by atoms with van der Waals surface area (Å²) in [4.78, 5) is 12.4. The van der Waals surface area contributed by atoms with E-state index in [2.05, 4.69) is 39.1 Å². The number of aryl methyl sites for hydroxylation is 1. The summed E-state index contributed by atoms with van der Waals surface area (Å²) in [5.41, 5.74) is 3.01. The summed E-state index contributed by atoms with van der Waals surface area (Å²) >= 11 is 4.78. The molecule has 3 aromatic rings. The number of nitrogens with zero attached hydrogens (tertiary/aromatic N) is 3. The van der Waals surface area contributed by atoms with Crippen LogP contribution in [0.5, 0.6) is 5.75 Å². The van der Waals surface area contributed by atoms with Gasteiger partial charge < -0.3 is 9.30 Å². The molecule has 0 radical (unpaired) electrons. The van der Waals surface area contributed by atoms with Gasteiger partial charge in [-0.05, 0) is 50.1 Å². The zero-order chi connectivity index (χ0) is 20.1. The van der Waals surface area contributed by atoms with E-state index in [9.17, 15) is 4.79 Å². The monoisotopic (exact) mass is 459 g/mol. The van der Waals surface area contributed by atoms with Crippen LogP contribution in [0.3, 0.4) is 0 Å². The van der Waals surface area contributed by atoms with E-state index >= 15 is 0 Å². The zero-order valence-electron chi connectivity index (χ0n) is 16.1. The zero-order valence-corrected chi connectivity index (χ0v) is 18.5. The first-order chi connectivity index (χ1) is 13.5. The highest BCUT2D eigenvalue weighted by Gasteiger charge is 2.15. The molecule has 146 valence electrons. The number of aromatic nitrogens is 3. The van der Waals surface area contributed by atoms with Gasteiger partial charge in [-0.1, -0.05) is 52.0 Å². The molecule has 3 rings (SSSR count). The molecular formula is C21H22BrN3O2S. The molecule has 0 saturated carbocycles. The maximum absolute atomic E-state index is 12.4. The number of carbonyl (C=O) groups excluding carboxylic acids is 1. The summed E-state index contributed by atoms with van der Waals surface area (Å²) in [6, 6.07) is 13.4. The van der Waals surface area contributed by atoms with E-state index in [1.54, 1.807) is 0 Å². The van der Waals surface area contributed by atoms with Gasteiger partial charge in [0.1, 0.15) is 12.4 Å². The molecule has 7 heteroatoms. The Hall–Kier alpha value is -2.12. The number of Topliss-reactive ketones (excluding diaryl/α,β-unsaturated/α-hetero) is 1. The third-order valence-electron chi connectivity index (χ3n) is 4.52. The number of carbonyl (C=O) groups is 1. The number of hydrogen-bond donors (Lipinski definition) is 0. The van der Waals surface area contributed by atoms with E-state index in [4.69, 9.17) is 4.74 Å². The summed E-state index contributed by atoms with van der Waals surface area (Å²) in [7, 11) is 0. The molecule has 0 N–H and O–H groups in total. The lowest BCUT2D eigenvalue weighted by Crippen LogP contribution is -2.09. The number of ether oxygens (including phenoxy) is 1. The summed E-state index contributed by atoms with van der Waals surface area (Å²) in [6.07, 6.45) is 0. The molecule has 1 aromatic heterocycles. The van der Waals surface area contributed by atoms with Crippen molar-refractivity contribution in [3.63, 3.8) is 0 Å². The maximum Gasteiger partial charge on any atom is 0.191 e.